The van der Waals surface area contributed by atoms with Crippen molar-refractivity contribution in [2.45, 2.75) is 6.54 Å². The third-order valence-electron chi connectivity index (χ3n) is 1.70. The maximum atomic E-state index is 9.19. The smallest absolute Gasteiger partial charge is 0.134 e. The lowest BCUT2D eigenvalue weighted by atomic mass is 10.1. The van der Waals surface area contributed by atoms with E-state index >= 15 is 0 Å². The molecule has 0 saturated carbocycles. The van der Waals surface area contributed by atoms with Crippen LogP contribution in [0.2, 0.25) is 5.02 Å². The summed E-state index contributed by atoms with van der Waals surface area (Å²) in [6.45, 7) is 0.676. The minimum Gasteiger partial charge on any atom is -0.506 e. The zero-order valence-corrected chi connectivity index (χ0v) is 6.47. The van der Waals surface area contributed by atoms with Crippen LogP contribution in [0.3, 0.4) is 0 Å². The summed E-state index contributed by atoms with van der Waals surface area (Å²) < 4.78 is 0. The molecule has 0 unspecified atom stereocenters. The number of hydrogen-bond acceptors (Lipinski definition) is 2. The zero-order chi connectivity index (χ0) is 7.84. The van der Waals surface area contributed by atoms with Gasteiger partial charge in [0.15, 0.2) is 0 Å². The molecule has 0 bridgehead atoms. The van der Waals surface area contributed by atoms with Crippen molar-refractivity contribution in [3.8, 4) is 5.75 Å². The summed E-state index contributed by atoms with van der Waals surface area (Å²) in [5.74, 6) is 0.124. The molecule has 0 aliphatic carbocycles. The van der Waals surface area contributed by atoms with E-state index in [1.807, 2.05) is 0 Å². The van der Waals surface area contributed by atoms with Crippen molar-refractivity contribution < 1.29 is 5.11 Å². The third kappa shape index (κ3) is 0.994. The van der Waals surface area contributed by atoms with Crippen LogP contribution in [0.5, 0.6) is 5.75 Å². The van der Waals surface area contributed by atoms with Crippen LogP contribution in [0.1, 0.15) is 11.1 Å². The van der Waals surface area contributed by atoms with E-state index in [9.17, 15) is 5.11 Å². The number of phenolic OH excluding ortho intramolecular Hbond substituents is 1. The molecule has 0 amide bonds. The van der Waals surface area contributed by atoms with Crippen molar-refractivity contribution in [2.75, 3.05) is 0 Å². The quantitative estimate of drug-likeness (QED) is 0.630. The van der Waals surface area contributed by atoms with E-state index in [1.165, 1.54) is 0 Å². The number of rotatable bonds is 0. The van der Waals surface area contributed by atoms with Gasteiger partial charge in [0.1, 0.15) is 5.75 Å². The Hall–Kier alpha value is -1.02. The molecule has 1 aliphatic heterocycles. The molecule has 0 fully saturated rings. The standard InChI is InChI=1S/C8H6ClNO/c9-7-1-5-3-10-4-6(5)2-8(7)11/h1-2,4,11H,3H2. The summed E-state index contributed by atoms with van der Waals surface area (Å²) >= 11 is 5.69. The van der Waals surface area contributed by atoms with Gasteiger partial charge in [-0.15, -0.1) is 0 Å². The number of phenols is 1. The highest BCUT2D eigenvalue weighted by Crippen LogP contribution is 2.28. The molecule has 1 N–H and O–H groups in total. The molecule has 0 atom stereocenters. The van der Waals surface area contributed by atoms with Gasteiger partial charge in [-0.2, -0.15) is 0 Å². The minimum absolute atomic E-state index is 0.124. The Labute approximate surface area is 69.1 Å². The van der Waals surface area contributed by atoms with E-state index in [0.29, 0.717) is 11.6 Å². The Morgan fingerprint density at radius 2 is 2.27 bits per heavy atom. The van der Waals surface area contributed by atoms with Gasteiger partial charge in [0, 0.05) is 11.8 Å². The Kier molecular flexibility index (Phi) is 1.36. The molecule has 11 heavy (non-hydrogen) atoms. The average molecular weight is 168 g/mol. The first-order valence-electron chi connectivity index (χ1n) is 3.28. The van der Waals surface area contributed by atoms with Crippen molar-refractivity contribution in [3.63, 3.8) is 0 Å². The average Bonchev–Trinajstić information content (AvgIpc) is 2.36. The van der Waals surface area contributed by atoms with Gasteiger partial charge in [-0.1, -0.05) is 11.6 Å². The summed E-state index contributed by atoms with van der Waals surface area (Å²) in [6, 6.07) is 3.38. The van der Waals surface area contributed by atoms with Crippen molar-refractivity contribution in [2.24, 2.45) is 4.99 Å². The lowest BCUT2D eigenvalue weighted by Crippen LogP contribution is -1.83. The highest BCUT2D eigenvalue weighted by Gasteiger charge is 2.09. The van der Waals surface area contributed by atoms with Crippen LogP contribution in [0.25, 0.3) is 0 Å². The predicted molar refractivity (Wildman–Crippen MR) is 44.4 cm³/mol. The Balaban J connectivity index is 2.63. The largest absolute Gasteiger partial charge is 0.506 e. The van der Waals surface area contributed by atoms with Crippen LogP contribution in [0, 0.1) is 0 Å². The highest BCUT2D eigenvalue weighted by atomic mass is 35.5. The molecule has 0 radical (unpaired) electrons. The molecule has 2 nitrogen and oxygen atoms in total. The lowest BCUT2D eigenvalue weighted by Gasteiger charge is -1.99. The van der Waals surface area contributed by atoms with Crippen molar-refractivity contribution in [1.82, 2.24) is 0 Å². The number of nitrogens with zero attached hydrogens (tertiary/aromatic N) is 1. The van der Waals surface area contributed by atoms with Gasteiger partial charge in [-0.25, -0.2) is 0 Å². The molecule has 1 aromatic rings. The maximum Gasteiger partial charge on any atom is 0.134 e. The molecule has 2 rings (SSSR count). The molecule has 1 aliphatic rings. The Bertz CT molecular complexity index is 333. The SMILES string of the molecule is Oc1cc2c(cc1Cl)CN=C2. The van der Waals surface area contributed by atoms with Crippen molar-refractivity contribution >= 4 is 17.8 Å². The second kappa shape index (κ2) is 2.24. The number of halogens is 1. The van der Waals surface area contributed by atoms with Crippen molar-refractivity contribution in [3.05, 3.63) is 28.3 Å². The van der Waals surface area contributed by atoms with Crippen LogP contribution in [0.15, 0.2) is 17.1 Å². The molecule has 3 heteroatoms. The highest BCUT2D eigenvalue weighted by molar-refractivity contribution is 6.32. The number of hydrogen-bond donors (Lipinski definition) is 1. The zero-order valence-electron chi connectivity index (χ0n) is 5.71. The number of aliphatic imine (C=N–C) groups is 1. The van der Waals surface area contributed by atoms with E-state index < -0.39 is 0 Å². The summed E-state index contributed by atoms with van der Waals surface area (Å²) in [7, 11) is 0. The van der Waals surface area contributed by atoms with Gasteiger partial charge < -0.3 is 5.11 Å². The fourth-order valence-electron chi connectivity index (χ4n) is 1.12. The fourth-order valence-corrected chi connectivity index (χ4v) is 1.30. The van der Waals surface area contributed by atoms with E-state index in [4.69, 9.17) is 11.6 Å². The number of benzene rings is 1. The van der Waals surface area contributed by atoms with Crippen LogP contribution in [0.4, 0.5) is 0 Å². The number of aromatic hydroxyl groups is 1. The number of fused-ring (bicyclic) bond motifs is 1. The molecule has 1 aromatic carbocycles. The van der Waals surface area contributed by atoms with Crippen LogP contribution in [-0.4, -0.2) is 11.3 Å². The monoisotopic (exact) mass is 167 g/mol. The van der Waals surface area contributed by atoms with Crippen molar-refractivity contribution in [1.29, 1.82) is 0 Å². The predicted octanol–water partition coefficient (Wildman–Crippen LogP) is 1.98. The van der Waals surface area contributed by atoms with E-state index in [0.717, 1.165) is 11.1 Å². The van der Waals surface area contributed by atoms with Gasteiger partial charge in [0.05, 0.1) is 11.6 Å². The second-order valence-electron chi connectivity index (χ2n) is 2.47. The first-order valence-corrected chi connectivity index (χ1v) is 3.66. The molecular weight excluding hydrogens is 162 g/mol. The second-order valence-corrected chi connectivity index (χ2v) is 2.88. The lowest BCUT2D eigenvalue weighted by molar-refractivity contribution is 0.475. The topological polar surface area (TPSA) is 32.6 Å². The summed E-state index contributed by atoms with van der Waals surface area (Å²) in [5, 5.41) is 9.59. The molecule has 1 heterocycles. The minimum atomic E-state index is 0.124. The van der Waals surface area contributed by atoms with Gasteiger partial charge in [0.2, 0.25) is 0 Å². The van der Waals surface area contributed by atoms with Gasteiger partial charge in [0.25, 0.3) is 0 Å². The van der Waals surface area contributed by atoms with E-state index in [2.05, 4.69) is 4.99 Å². The van der Waals surface area contributed by atoms with E-state index in [1.54, 1.807) is 18.3 Å². The van der Waals surface area contributed by atoms with Gasteiger partial charge in [-0.3, -0.25) is 4.99 Å². The van der Waals surface area contributed by atoms with Crippen LogP contribution >= 0.6 is 11.6 Å². The Morgan fingerprint density at radius 1 is 1.45 bits per heavy atom. The third-order valence-corrected chi connectivity index (χ3v) is 2.00. The molecule has 0 spiro atoms. The fraction of sp³-hybridized carbons (Fsp3) is 0.125. The molecular formula is C8H6ClNO. The first kappa shape index (κ1) is 6.68. The van der Waals surface area contributed by atoms with Crippen LogP contribution < -0.4 is 0 Å². The normalized spacial score (nSPS) is 13.5. The first-order chi connectivity index (χ1) is 5.27. The Morgan fingerprint density at radius 3 is 3.09 bits per heavy atom. The van der Waals surface area contributed by atoms with E-state index in [-0.39, 0.29) is 5.75 Å². The molecule has 56 valence electrons. The maximum absolute atomic E-state index is 9.19. The van der Waals surface area contributed by atoms with Gasteiger partial charge >= 0.3 is 0 Å². The summed E-state index contributed by atoms with van der Waals surface area (Å²) in [6.07, 6.45) is 1.74. The van der Waals surface area contributed by atoms with Crippen LogP contribution in [-0.2, 0) is 6.54 Å². The molecule has 0 saturated heterocycles. The molecule has 0 aromatic heterocycles. The summed E-state index contributed by atoms with van der Waals surface area (Å²) in [5.41, 5.74) is 2.04. The van der Waals surface area contributed by atoms with Gasteiger partial charge in [-0.05, 0) is 17.7 Å². The summed E-state index contributed by atoms with van der Waals surface area (Å²) in [4.78, 5) is 4.04.